The molecule has 1 heterocycles. The molecule has 7 heteroatoms. The molecule has 3 aromatic rings. The summed E-state index contributed by atoms with van der Waals surface area (Å²) in [6, 6.07) is 16.8. The summed E-state index contributed by atoms with van der Waals surface area (Å²) in [4.78, 5) is 12.1. The lowest BCUT2D eigenvalue weighted by molar-refractivity contribution is 0.102. The van der Waals surface area contributed by atoms with Gasteiger partial charge in [0.15, 0.2) is 11.6 Å². The standard InChI is InChI=1S/C18H18N4O2S/c1-13-7-9-15(10-8-13)24-11-17-20-21-18(22(17)19)25-12-16(23)14-5-3-2-4-6-14/h2-10H,11-12,19H2,1H3. The number of aromatic nitrogens is 3. The van der Waals surface area contributed by atoms with Gasteiger partial charge < -0.3 is 10.6 Å². The fourth-order valence-corrected chi connectivity index (χ4v) is 2.89. The Morgan fingerprint density at radius 3 is 2.56 bits per heavy atom. The molecule has 3 rings (SSSR count). The third-order valence-electron chi connectivity index (χ3n) is 3.55. The summed E-state index contributed by atoms with van der Waals surface area (Å²) in [6.45, 7) is 2.22. The minimum Gasteiger partial charge on any atom is -0.486 e. The van der Waals surface area contributed by atoms with E-state index in [1.165, 1.54) is 16.4 Å². The number of hydrogen-bond acceptors (Lipinski definition) is 6. The number of nitrogens with two attached hydrogens (primary N) is 1. The van der Waals surface area contributed by atoms with Gasteiger partial charge in [-0.2, -0.15) is 0 Å². The molecule has 0 aliphatic heterocycles. The third-order valence-corrected chi connectivity index (χ3v) is 4.50. The highest BCUT2D eigenvalue weighted by molar-refractivity contribution is 7.99. The monoisotopic (exact) mass is 354 g/mol. The predicted molar refractivity (Wildman–Crippen MR) is 97.2 cm³/mol. The summed E-state index contributed by atoms with van der Waals surface area (Å²) in [6.07, 6.45) is 0. The van der Waals surface area contributed by atoms with E-state index in [2.05, 4.69) is 10.2 Å². The minimum absolute atomic E-state index is 0.0195. The van der Waals surface area contributed by atoms with E-state index in [0.29, 0.717) is 16.5 Å². The quantitative estimate of drug-likeness (QED) is 0.399. The average molecular weight is 354 g/mol. The number of hydrogen-bond donors (Lipinski definition) is 1. The fourth-order valence-electron chi connectivity index (χ4n) is 2.12. The second-order valence-corrected chi connectivity index (χ2v) is 6.39. The van der Waals surface area contributed by atoms with Crippen LogP contribution in [0.4, 0.5) is 0 Å². The van der Waals surface area contributed by atoms with Crippen LogP contribution >= 0.6 is 11.8 Å². The summed E-state index contributed by atoms with van der Waals surface area (Å²) in [7, 11) is 0. The Balaban J connectivity index is 1.57. The van der Waals surface area contributed by atoms with E-state index in [4.69, 9.17) is 10.6 Å². The molecular formula is C18H18N4O2S. The molecule has 0 saturated carbocycles. The van der Waals surface area contributed by atoms with E-state index in [-0.39, 0.29) is 18.1 Å². The molecule has 2 aromatic carbocycles. The number of carbonyl (C=O) groups is 1. The number of Topliss-reactive ketones (excluding diaryl/α,β-unsaturated/α-hetero) is 1. The van der Waals surface area contributed by atoms with Crippen molar-refractivity contribution in [1.82, 2.24) is 14.9 Å². The summed E-state index contributed by atoms with van der Waals surface area (Å²) < 4.78 is 7.01. The third kappa shape index (κ3) is 4.39. The molecule has 0 aliphatic carbocycles. The van der Waals surface area contributed by atoms with E-state index in [9.17, 15) is 4.79 Å². The molecule has 0 radical (unpaired) electrons. The highest BCUT2D eigenvalue weighted by Crippen LogP contribution is 2.18. The molecule has 0 aliphatic rings. The van der Waals surface area contributed by atoms with Crippen molar-refractivity contribution in [3.05, 3.63) is 71.5 Å². The first-order valence-corrected chi connectivity index (χ1v) is 8.72. The largest absolute Gasteiger partial charge is 0.486 e. The summed E-state index contributed by atoms with van der Waals surface area (Å²) in [5.41, 5.74) is 1.83. The molecule has 0 unspecified atom stereocenters. The highest BCUT2D eigenvalue weighted by Gasteiger charge is 2.13. The molecule has 25 heavy (non-hydrogen) atoms. The zero-order chi connectivity index (χ0) is 17.6. The first-order chi connectivity index (χ1) is 12.1. The van der Waals surface area contributed by atoms with Crippen LogP contribution in [0.25, 0.3) is 0 Å². The number of thioether (sulfide) groups is 1. The molecule has 0 spiro atoms. The topological polar surface area (TPSA) is 83.0 Å². The Bertz CT molecular complexity index is 847. The Hall–Kier alpha value is -2.80. The van der Waals surface area contributed by atoms with Gasteiger partial charge in [0.2, 0.25) is 5.16 Å². The van der Waals surface area contributed by atoms with E-state index >= 15 is 0 Å². The number of benzene rings is 2. The molecule has 6 nitrogen and oxygen atoms in total. The van der Waals surface area contributed by atoms with Gasteiger partial charge in [0, 0.05) is 5.56 Å². The van der Waals surface area contributed by atoms with Gasteiger partial charge in [-0.05, 0) is 19.1 Å². The van der Waals surface area contributed by atoms with Gasteiger partial charge in [0.1, 0.15) is 12.4 Å². The van der Waals surface area contributed by atoms with Crippen LogP contribution in [-0.2, 0) is 6.61 Å². The molecule has 128 valence electrons. The number of carbonyl (C=O) groups excluding carboxylic acids is 1. The molecule has 0 saturated heterocycles. The SMILES string of the molecule is Cc1ccc(OCc2nnc(SCC(=O)c3ccccc3)n2N)cc1. The lowest BCUT2D eigenvalue weighted by Gasteiger charge is -2.06. The van der Waals surface area contributed by atoms with E-state index in [1.54, 1.807) is 12.1 Å². The average Bonchev–Trinajstić information content (AvgIpc) is 3.00. The molecule has 0 bridgehead atoms. The van der Waals surface area contributed by atoms with Crippen LogP contribution in [0.15, 0.2) is 59.8 Å². The molecule has 0 fully saturated rings. The Morgan fingerprint density at radius 2 is 1.84 bits per heavy atom. The van der Waals surface area contributed by atoms with Crippen molar-refractivity contribution in [2.75, 3.05) is 11.6 Å². The Morgan fingerprint density at radius 1 is 1.12 bits per heavy atom. The number of ether oxygens (including phenoxy) is 1. The molecule has 2 N–H and O–H groups in total. The predicted octanol–water partition coefficient (Wildman–Crippen LogP) is 2.85. The number of nitrogens with zero attached hydrogens (tertiary/aromatic N) is 3. The van der Waals surface area contributed by atoms with Gasteiger partial charge >= 0.3 is 0 Å². The van der Waals surface area contributed by atoms with Crippen molar-refractivity contribution in [3.8, 4) is 5.75 Å². The van der Waals surface area contributed by atoms with Crippen LogP contribution in [0, 0.1) is 6.92 Å². The van der Waals surface area contributed by atoms with Crippen molar-refractivity contribution in [3.63, 3.8) is 0 Å². The maximum absolute atomic E-state index is 12.1. The van der Waals surface area contributed by atoms with Crippen molar-refractivity contribution in [2.24, 2.45) is 0 Å². The van der Waals surface area contributed by atoms with Gasteiger partial charge in [-0.1, -0.05) is 59.8 Å². The van der Waals surface area contributed by atoms with Gasteiger partial charge in [-0.25, -0.2) is 4.68 Å². The molecule has 1 aromatic heterocycles. The summed E-state index contributed by atoms with van der Waals surface area (Å²) in [5.74, 6) is 7.50. The van der Waals surface area contributed by atoms with Crippen LogP contribution in [0.5, 0.6) is 5.75 Å². The Kier molecular flexibility index (Phi) is 5.35. The smallest absolute Gasteiger partial charge is 0.210 e. The van der Waals surface area contributed by atoms with E-state index in [1.807, 2.05) is 49.4 Å². The fraction of sp³-hybridized carbons (Fsp3) is 0.167. The number of ketones is 1. The van der Waals surface area contributed by atoms with Crippen molar-refractivity contribution in [1.29, 1.82) is 0 Å². The van der Waals surface area contributed by atoms with E-state index < -0.39 is 0 Å². The number of rotatable bonds is 7. The van der Waals surface area contributed by atoms with Gasteiger partial charge in [0.25, 0.3) is 0 Å². The summed E-state index contributed by atoms with van der Waals surface area (Å²) >= 11 is 1.25. The lowest BCUT2D eigenvalue weighted by atomic mass is 10.2. The van der Waals surface area contributed by atoms with Crippen LogP contribution < -0.4 is 10.6 Å². The lowest BCUT2D eigenvalue weighted by Crippen LogP contribution is -2.16. The van der Waals surface area contributed by atoms with Crippen molar-refractivity contribution in [2.45, 2.75) is 18.7 Å². The van der Waals surface area contributed by atoms with Crippen molar-refractivity contribution < 1.29 is 9.53 Å². The van der Waals surface area contributed by atoms with E-state index in [0.717, 1.165) is 11.3 Å². The molecular weight excluding hydrogens is 336 g/mol. The second-order valence-electron chi connectivity index (χ2n) is 5.45. The first kappa shape index (κ1) is 17.0. The molecule has 0 atom stereocenters. The van der Waals surface area contributed by atoms with Crippen LogP contribution in [0.2, 0.25) is 0 Å². The number of aryl methyl sites for hydroxylation is 1. The van der Waals surface area contributed by atoms with Crippen LogP contribution in [0.1, 0.15) is 21.7 Å². The zero-order valence-corrected chi connectivity index (χ0v) is 14.6. The molecule has 0 amide bonds. The normalized spacial score (nSPS) is 10.6. The van der Waals surface area contributed by atoms with Crippen molar-refractivity contribution >= 4 is 17.5 Å². The minimum atomic E-state index is 0.0195. The highest BCUT2D eigenvalue weighted by atomic mass is 32.2. The zero-order valence-electron chi connectivity index (χ0n) is 13.8. The van der Waals surface area contributed by atoms with Crippen LogP contribution in [0.3, 0.4) is 0 Å². The maximum Gasteiger partial charge on any atom is 0.210 e. The number of nitrogen functional groups attached to an aromatic ring is 1. The van der Waals surface area contributed by atoms with Gasteiger partial charge in [0.05, 0.1) is 5.75 Å². The Labute approximate surface area is 150 Å². The first-order valence-electron chi connectivity index (χ1n) is 7.73. The van der Waals surface area contributed by atoms with Gasteiger partial charge in [-0.15, -0.1) is 10.2 Å². The summed E-state index contributed by atoms with van der Waals surface area (Å²) in [5, 5.41) is 8.53. The second kappa shape index (κ2) is 7.85. The van der Waals surface area contributed by atoms with Gasteiger partial charge in [-0.3, -0.25) is 4.79 Å². The maximum atomic E-state index is 12.1. The van der Waals surface area contributed by atoms with Crippen LogP contribution in [-0.4, -0.2) is 26.4 Å².